The van der Waals surface area contributed by atoms with Gasteiger partial charge in [0.2, 0.25) is 10.0 Å². The Bertz CT molecular complexity index is 836. The van der Waals surface area contributed by atoms with Crippen LogP contribution in [0.25, 0.3) is 0 Å². The summed E-state index contributed by atoms with van der Waals surface area (Å²) in [4.78, 5) is 9.96. The highest BCUT2D eigenvalue weighted by atomic mass is 32.2. The molecule has 2 aromatic rings. The van der Waals surface area contributed by atoms with Crippen LogP contribution in [0.3, 0.4) is 0 Å². The molecule has 0 aromatic heterocycles. The van der Waals surface area contributed by atoms with E-state index in [1.807, 2.05) is 0 Å². The summed E-state index contributed by atoms with van der Waals surface area (Å²) >= 11 is 0. The molecule has 0 bridgehead atoms. The van der Waals surface area contributed by atoms with E-state index in [1.165, 1.54) is 18.2 Å². The maximum Gasteiger partial charge on any atom is 0.270 e. The fourth-order valence-electron chi connectivity index (χ4n) is 2.02. The minimum absolute atomic E-state index is 0.0977. The van der Waals surface area contributed by atoms with Crippen LogP contribution in [0.1, 0.15) is 6.92 Å². The number of hydrogen-bond donors (Lipinski definition) is 1. The Hall–Kier alpha value is -2.65. The highest BCUT2D eigenvalue weighted by molar-refractivity contribution is 7.89. The van der Waals surface area contributed by atoms with Crippen LogP contribution in [0.2, 0.25) is 0 Å². The second-order valence-corrected chi connectivity index (χ2v) is 6.98. The van der Waals surface area contributed by atoms with Crippen molar-refractivity contribution in [2.45, 2.75) is 17.9 Å². The second-order valence-electron chi connectivity index (χ2n) is 5.26. The average Bonchev–Trinajstić information content (AvgIpc) is 2.60. The zero-order chi connectivity index (χ0) is 18.4. The number of nitro groups is 1. The third-order valence-electron chi connectivity index (χ3n) is 3.25. The molecule has 0 unspecified atom stereocenters. The molecule has 1 N–H and O–H groups in total. The van der Waals surface area contributed by atoms with E-state index in [2.05, 4.69) is 4.72 Å². The molecule has 0 spiro atoms. The van der Waals surface area contributed by atoms with Gasteiger partial charge in [0.05, 0.1) is 23.0 Å². The highest BCUT2D eigenvalue weighted by Crippen LogP contribution is 2.19. The smallest absolute Gasteiger partial charge is 0.270 e. The van der Waals surface area contributed by atoms with Crippen molar-refractivity contribution in [3.8, 4) is 11.5 Å². The average molecular weight is 366 g/mol. The summed E-state index contributed by atoms with van der Waals surface area (Å²) in [7, 11) is -2.33. The van der Waals surface area contributed by atoms with Gasteiger partial charge in [-0.1, -0.05) is 6.07 Å². The fourth-order valence-corrected chi connectivity index (χ4v) is 3.29. The molecule has 0 amide bonds. The third kappa shape index (κ3) is 5.16. The van der Waals surface area contributed by atoms with Crippen molar-refractivity contribution in [2.24, 2.45) is 0 Å². The van der Waals surface area contributed by atoms with Crippen molar-refractivity contribution in [1.29, 1.82) is 0 Å². The Morgan fingerprint density at radius 1 is 1.16 bits per heavy atom. The summed E-state index contributed by atoms with van der Waals surface area (Å²) < 4.78 is 37.6. The van der Waals surface area contributed by atoms with Gasteiger partial charge in [-0.15, -0.1) is 0 Å². The second kappa shape index (κ2) is 7.95. The van der Waals surface area contributed by atoms with Crippen molar-refractivity contribution < 1.29 is 22.8 Å². The third-order valence-corrected chi connectivity index (χ3v) is 4.84. The summed E-state index contributed by atoms with van der Waals surface area (Å²) in [5, 5.41) is 10.8. The Kier molecular flexibility index (Phi) is 5.94. The number of benzene rings is 2. The molecule has 9 heteroatoms. The zero-order valence-corrected chi connectivity index (χ0v) is 14.5. The van der Waals surface area contributed by atoms with Crippen molar-refractivity contribution in [1.82, 2.24) is 4.72 Å². The lowest BCUT2D eigenvalue weighted by molar-refractivity contribution is -0.385. The van der Waals surface area contributed by atoms with Gasteiger partial charge in [-0.2, -0.15) is 0 Å². The summed E-state index contributed by atoms with van der Waals surface area (Å²) in [6.07, 6.45) is 0. The molecule has 1 atom stereocenters. The normalized spacial score (nSPS) is 12.4. The van der Waals surface area contributed by atoms with Gasteiger partial charge in [0.25, 0.3) is 5.69 Å². The van der Waals surface area contributed by atoms with Crippen LogP contribution in [-0.2, 0) is 10.0 Å². The van der Waals surface area contributed by atoms with Crippen molar-refractivity contribution in [2.75, 3.05) is 13.7 Å². The molecule has 0 aliphatic heterocycles. The van der Waals surface area contributed by atoms with Crippen molar-refractivity contribution in [3.63, 3.8) is 0 Å². The number of methoxy groups -OCH3 is 1. The lowest BCUT2D eigenvalue weighted by Gasteiger charge is -2.15. The molecule has 0 radical (unpaired) electrons. The van der Waals surface area contributed by atoms with Crippen LogP contribution in [0.4, 0.5) is 5.69 Å². The van der Waals surface area contributed by atoms with E-state index >= 15 is 0 Å². The summed E-state index contributed by atoms with van der Waals surface area (Å²) in [5.74, 6) is 1.26. The quantitative estimate of drug-likeness (QED) is 0.567. The predicted octanol–water partition coefficient (Wildman–Crippen LogP) is 2.35. The molecule has 0 saturated heterocycles. The molecular formula is C16H18N2O6S. The molecule has 0 saturated carbocycles. The SMILES string of the molecule is COc1ccc(OC[C@@H](C)NS(=O)(=O)c2cccc([N+](=O)[O-])c2)cc1. The van der Waals surface area contributed by atoms with E-state index in [0.717, 1.165) is 6.07 Å². The topological polar surface area (TPSA) is 108 Å². The first kappa shape index (κ1) is 18.7. The molecule has 0 aliphatic carbocycles. The lowest BCUT2D eigenvalue weighted by atomic mass is 10.3. The summed E-state index contributed by atoms with van der Waals surface area (Å²) in [6.45, 7) is 1.74. The number of nitro benzene ring substituents is 1. The Labute approximate surface area is 145 Å². The van der Waals surface area contributed by atoms with Crippen molar-refractivity contribution in [3.05, 3.63) is 58.6 Å². The van der Waals surface area contributed by atoms with E-state index in [0.29, 0.717) is 11.5 Å². The number of nitrogens with one attached hydrogen (secondary N) is 1. The predicted molar refractivity (Wildman–Crippen MR) is 91.4 cm³/mol. The van der Waals surface area contributed by atoms with Crippen LogP contribution in [0, 0.1) is 10.1 Å². The van der Waals surface area contributed by atoms with Gasteiger partial charge in [-0.05, 0) is 37.3 Å². The Morgan fingerprint density at radius 3 is 2.40 bits per heavy atom. The van der Waals surface area contributed by atoms with Crippen LogP contribution in [0.15, 0.2) is 53.4 Å². The van der Waals surface area contributed by atoms with Gasteiger partial charge in [-0.25, -0.2) is 13.1 Å². The van der Waals surface area contributed by atoms with Crippen LogP contribution >= 0.6 is 0 Å². The van der Waals surface area contributed by atoms with Gasteiger partial charge in [0.1, 0.15) is 18.1 Å². The number of nitrogens with zero attached hydrogens (tertiary/aromatic N) is 1. The largest absolute Gasteiger partial charge is 0.497 e. The molecule has 2 aromatic carbocycles. The van der Waals surface area contributed by atoms with Gasteiger partial charge in [0.15, 0.2) is 0 Å². The standard InChI is InChI=1S/C16H18N2O6S/c1-12(11-24-15-8-6-14(23-2)7-9-15)17-25(21,22)16-5-3-4-13(10-16)18(19)20/h3-10,12,17H,11H2,1-2H3/t12-/m1/s1. The molecule has 134 valence electrons. The first-order valence-corrected chi connectivity index (χ1v) is 8.84. The maximum atomic E-state index is 12.3. The fraction of sp³-hybridized carbons (Fsp3) is 0.250. The minimum atomic E-state index is -3.89. The highest BCUT2D eigenvalue weighted by Gasteiger charge is 2.20. The molecule has 0 fully saturated rings. The maximum absolute atomic E-state index is 12.3. The van der Waals surface area contributed by atoms with E-state index < -0.39 is 21.0 Å². The summed E-state index contributed by atoms with van der Waals surface area (Å²) in [6, 6.07) is 11.2. The monoisotopic (exact) mass is 366 g/mol. The van der Waals surface area contributed by atoms with Gasteiger partial charge in [0, 0.05) is 12.1 Å². The van der Waals surface area contributed by atoms with Crippen LogP contribution < -0.4 is 14.2 Å². The molecule has 8 nitrogen and oxygen atoms in total. The van der Waals surface area contributed by atoms with Crippen molar-refractivity contribution >= 4 is 15.7 Å². The van der Waals surface area contributed by atoms with Crippen LogP contribution in [0.5, 0.6) is 11.5 Å². The minimum Gasteiger partial charge on any atom is -0.497 e. The van der Waals surface area contributed by atoms with Gasteiger partial charge in [-0.3, -0.25) is 10.1 Å². The first-order chi connectivity index (χ1) is 11.8. The Balaban J connectivity index is 1.99. The van der Waals surface area contributed by atoms with E-state index in [-0.39, 0.29) is 17.2 Å². The number of non-ortho nitro benzene ring substituents is 1. The molecular weight excluding hydrogens is 348 g/mol. The lowest BCUT2D eigenvalue weighted by Crippen LogP contribution is -2.36. The molecule has 2 rings (SSSR count). The van der Waals surface area contributed by atoms with Gasteiger partial charge >= 0.3 is 0 Å². The van der Waals surface area contributed by atoms with E-state index in [1.54, 1.807) is 38.3 Å². The number of hydrogen-bond acceptors (Lipinski definition) is 6. The molecule has 0 aliphatic rings. The summed E-state index contributed by atoms with van der Waals surface area (Å²) in [5.41, 5.74) is -0.287. The van der Waals surface area contributed by atoms with Crippen LogP contribution in [-0.4, -0.2) is 33.1 Å². The molecule has 0 heterocycles. The first-order valence-electron chi connectivity index (χ1n) is 7.35. The van der Waals surface area contributed by atoms with E-state index in [4.69, 9.17) is 9.47 Å². The molecule has 25 heavy (non-hydrogen) atoms. The zero-order valence-electron chi connectivity index (χ0n) is 13.7. The van der Waals surface area contributed by atoms with E-state index in [9.17, 15) is 18.5 Å². The number of rotatable bonds is 8. The van der Waals surface area contributed by atoms with Gasteiger partial charge < -0.3 is 9.47 Å². The number of sulfonamides is 1. The number of ether oxygens (including phenoxy) is 2. The Morgan fingerprint density at radius 2 is 1.80 bits per heavy atom.